The van der Waals surface area contributed by atoms with E-state index in [1.165, 1.54) is 0 Å². The maximum absolute atomic E-state index is 11.7. The molecule has 1 atom stereocenters. The number of nitrogens with zero attached hydrogens (tertiary/aromatic N) is 3. The molecular formula is C12H20N4O2. The molecule has 1 saturated heterocycles. The topological polar surface area (TPSA) is 69.0 Å². The van der Waals surface area contributed by atoms with E-state index in [4.69, 9.17) is 4.74 Å². The number of nitrogens with one attached hydrogen (secondary N) is 1. The van der Waals surface area contributed by atoms with Crippen LogP contribution in [0.1, 0.15) is 32.0 Å². The van der Waals surface area contributed by atoms with Gasteiger partial charge in [-0.05, 0) is 19.8 Å². The van der Waals surface area contributed by atoms with E-state index in [0.29, 0.717) is 19.4 Å². The summed E-state index contributed by atoms with van der Waals surface area (Å²) in [5, 5.41) is 10.7. The lowest BCUT2D eigenvalue weighted by Gasteiger charge is -2.23. The Morgan fingerprint density at radius 3 is 3.11 bits per heavy atom. The first-order valence-corrected chi connectivity index (χ1v) is 6.33. The van der Waals surface area contributed by atoms with Gasteiger partial charge in [-0.1, -0.05) is 0 Å². The maximum atomic E-state index is 11.7. The second-order valence-corrected chi connectivity index (χ2v) is 5.04. The lowest BCUT2D eigenvalue weighted by Crippen LogP contribution is -2.40. The molecule has 0 saturated carbocycles. The van der Waals surface area contributed by atoms with Crippen LogP contribution in [-0.4, -0.2) is 39.4 Å². The van der Waals surface area contributed by atoms with E-state index in [-0.39, 0.29) is 11.5 Å². The third-order valence-electron chi connectivity index (χ3n) is 3.34. The average Bonchev–Trinajstić information content (AvgIpc) is 2.94. The van der Waals surface area contributed by atoms with Gasteiger partial charge >= 0.3 is 0 Å². The van der Waals surface area contributed by atoms with Gasteiger partial charge in [-0.3, -0.25) is 4.79 Å². The fourth-order valence-electron chi connectivity index (χ4n) is 2.11. The van der Waals surface area contributed by atoms with Gasteiger partial charge in [-0.15, -0.1) is 10.2 Å². The Hall–Kier alpha value is -1.43. The van der Waals surface area contributed by atoms with Crippen molar-refractivity contribution in [2.75, 3.05) is 13.2 Å². The van der Waals surface area contributed by atoms with Gasteiger partial charge in [-0.25, -0.2) is 0 Å². The third-order valence-corrected chi connectivity index (χ3v) is 3.34. The van der Waals surface area contributed by atoms with Crippen molar-refractivity contribution in [2.45, 2.75) is 38.2 Å². The van der Waals surface area contributed by atoms with Crippen LogP contribution in [-0.2, 0) is 23.0 Å². The molecule has 1 aliphatic heterocycles. The van der Waals surface area contributed by atoms with Gasteiger partial charge in [0.05, 0.1) is 5.60 Å². The third kappa shape index (κ3) is 3.29. The van der Waals surface area contributed by atoms with E-state index in [0.717, 1.165) is 25.3 Å². The fourth-order valence-corrected chi connectivity index (χ4v) is 2.11. The molecule has 1 aromatic rings. The zero-order valence-corrected chi connectivity index (χ0v) is 11.0. The summed E-state index contributed by atoms with van der Waals surface area (Å²) >= 11 is 0. The molecule has 2 heterocycles. The Balaban J connectivity index is 1.71. The highest BCUT2D eigenvalue weighted by Crippen LogP contribution is 2.23. The Bertz CT molecular complexity index is 410. The predicted octanol–water partition coefficient (Wildman–Crippen LogP) is 0.433. The zero-order valence-electron chi connectivity index (χ0n) is 11.0. The number of carbonyl (C=O) groups is 1. The summed E-state index contributed by atoms with van der Waals surface area (Å²) in [6.45, 7) is 3.43. The second kappa shape index (κ2) is 5.48. The smallest absolute Gasteiger partial charge is 0.220 e. The van der Waals surface area contributed by atoms with E-state index in [1.54, 1.807) is 6.33 Å². The molecule has 0 aliphatic carbocycles. The van der Waals surface area contributed by atoms with Crippen LogP contribution >= 0.6 is 0 Å². The number of ether oxygens (including phenoxy) is 1. The predicted molar refractivity (Wildman–Crippen MR) is 65.9 cm³/mol. The molecule has 0 bridgehead atoms. The van der Waals surface area contributed by atoms with Crippen molar-refractivity contribution in [1.29, 1.82) is 0 Å². The van der Waals surface area contributed by atoms with Crippen molar-refractivity contribution in [3.63, 3.8) is 0 Å². The molecule has 1 fully saturated rings. The van der Waals surface area contributed by atoms with Crippen LogP contribution in [0.2, 0.25) is 0 Å². The molecule has 0 unspecified atom stereocenters. The Morgan fingerprint density at radius 1 is 1.67 bits per heavy atom. The molecule has 6 heteroatoms. The fraction of sp³-hybridized carbons (Fsp3) is 0.750. The summed E-state index contributed by atoms with van der Waals surface area (Å²) in [5.41, 5.74) is -0.180. The first-order chi connectivity index (χ1) is 8.59. The Kier molecular flexibility index (Phi) is 3.96. The molecule has 1 aromatic heterocycles. The summed E-state index contributed by atoms with van der Waals surface area (Å²) in [5.74, 6) is 0.864. The molecule has 0 aromatic carbocycles. The standard InChI is InChI=1S/C12H20N4O2/c1-12(6-3-7-18-12)8-13-11(17)5-4-10-15-14-9-16(10)2/h9H,3-8H2,1-2H3,(H,13,17)/t12-/m0/s1. The average molecular weight is 252 g/mol. The summed E-state index contributed by atoms with van der Waals surface area (Å²) in [4.78, 5) is 11.7. The van der Waals surface area contributed by atoms with Gasteiger partial charge in [0.15, 0.2) is 0 Å². The minimum Gasteiger partial charge on any atom is -0.373 e. The molecule has 0 radical (unpaired) electrons. The lowest BCUT2D eigenvalue weighted by molar-refractivity contribution is -0.122. The lowest BCUT2D eigenvalue weighted by atomic mass is 10.0. The highest BCUT2D eigenvalue weighted by molar-refractivity contribution is 5.76. The number of hydrogen-bond acceptors (Lipinski definition) is 4. The van der Waals surface area contributed by atoms with Crippen molar-refractivity contribution in [1.82, 2.24) is 20.1 Å². The number of rotatable bonds is 5. The van der Waals surface area contributed by atoms with Crippen LogP contribution in [0.15, 0.2) is 6.33 Å². The van der Waals surface area contributed by atoms with Crippen LogP contribution in [0, 0.1) is 0 Å². The van der Waals surface area contributed by atoms with Crippen LogP contribution < -0.4 is 5.32 Å². The molecule has 1 amide bonds. The first-order valence-electron chi connectivity index (χ1n) is 6.33. The molecular weight excluding hydrogens is 232 g/mol. The van der Waals surface area contributed by atoms with Gasteiger partial charge in [-0.2, -0.15) is 0 Å². The largest absolute Gasteiger partial charge is 0.373 e. The molecule has 1 N–H and O–H groups in total. The monoisotopic (exact) mass is 252 g/mol. The van der Waals surface area contributed by atoms with E-state index < -0.39 is 0 Å². The molecule has 2 rings (SSSR count). The summed E-state index contributed by atoms with van der Waals surface area (Å²) in [7, 11) is 1.88. The van der Waals surface area contributed by atoms with Gasteiger partial charge in [0, 0.05) is 33.0 Å². The van der Waals surface area contributed by atoms with E-state index >= 15 is 0 Å². The molecule has 6 nitrogen and oxygen atoms in total. The summed E-state index contributed by atoms with van der Waals surface area (Å²) in [6.07, 6.45) is 4.77. The van der Waals surface area contributed by atoms with Crippen molar-refractivity contribution in [2.24, 2.45) is 7.05 Å². The summed E-state index contributed by atoms with van der Waals surface area (Å²) < 4.78 is 7.45. The van der Waals surface area contributed by atoms with Crippen molar-refractivity contribution >= 4 is 5.91 Å². The Labute approximate surface area is 107 Å². The van der Waals surface area contributed by atoms with Gasteiger partial charge in [0.25, 0.3) is 0 Å². The van der Waals surface area contributed by atoms with Crippen LogP contribution in [0.25, 0.3) is 0 Å². The van der Waals surface area contributed by atoms with Gasteiger partial charge < -0.3 is 14.6 Å². The number of hydrogen-bond donors (Lipinski definition) is 1. The second-order valence-electron chi connectivity index (χ2n) is 5.04. The normalized spacial score (nSPS) is 23.2. The van der Waals surface area contributed by atoms with Crippen LogP contribution in [0.4, 0.5) is 0 Å². The van der Waals surface area contributed by atoms with Crippen molar-refractivity contribution in [3.8, 4) is 0 Å². The van der Waals surface area contributed by atoms with Crippen molar-refractivity contribution < 1.29 is 9.53 Å². The minimum atomic E-state index is -0.180. The number of aromatic nitrogens is 3. The quantitative estimate of drug-likeness (QED) is 0.825. The number of carbonyl (C=O) groups excluding carboxylic acids is 1. The number of amides is 1. The number of aryl methyl sites for hydroxylation is 2. The van der Waals surface area contributed by atoms with Crippen molar-refractivity contribution in [3.05, 3.63) is 12.2 Å². The highest BCUT2D eigenvalue weighted by atomic mass is 16.5. The maximum Gasteiger partial charge on any atom is 0.220 e. The van der Waals surface area contributed by atoms with E-state index in [1.807, 2.05) is 18.5 Å². The van der Waals surface area contributed by atoms with E-state index in [9.17, 15) is 4.79 Å². The molecule has 1 aliphatic rings. The SMILES string of the molecule is Cn1cnnc1CCC(=O)NC[C@]1(C)CCCO1. The molecule has 18 heavy (non-hydrogen) atoms. The van der Waals surface area contributed by atoms with Crippen LogP contribution in [0.5, 0.6) is 0 Å². The Morgan fingerprint density at radius 2 is 2.50 bits per heavy atom. The first kappa shape index (κ1) is 13.0. The van der Waals surface area contributed by atoms with Crippen LogP contribution in [0.3, 0.4) is 0 Å². The summed E-state index contributed by atoms with van der Waals surface area (Å²) in [6, 6.07) is 0. The zero-order chi connectivity index (χ0) is 13.0. The highest BCUT2D eigenvalue weighted by Gasteiger charge is 2.29. The molecule has 0 spiro atoms. The van der Waals surface area contributed by atoms with Gasteiger partial charge in [0.1, 0.15) is 12.2 Å². The van der Waals surface area contributed by atoms with E-state index in [2.05, 4.69) is 15.5 Å². The minimum absolute atomic E-state index is 0.0368. The van der Waals surface area contributed by atoms with Gasteiger partial charge in [0.2, 0.25) is 5.91 Å². The molecule has 100 valence electrons.